The number of benzene rings is 2. The summed E-state index contributed by atoms with van der Waals surface area (Å²) in [7, 11) is 1.45. The van der Waals surface area contributed by atoms with E-state index in [9.17, 15) is 10.1 Å². The van der Waals surface area contributed by atoms with Gasteiger partial charge in [0, 0.05) is 0 Å². The van der Waals surface area contributed by atoms with Gasteiger partial charge in [0.1, 0.15) is 17.3 Å². The number of ether oxygens (including phenoxy) is 1. The van der Waals surface area contributed by atoms with Gasteiger partial charge in [-0.1, -0.05) is 12.1 Å². The standard InChI is InChI=1S/C19H15N5O4/c1-27-12-6-8-14(17(10-12)24(25)26)18-9-7-13(28-18)11-20-23-19-21-15-4-2-3-5-16(15)22-19/h2-11H,1H3,(H2,21,22,23). The highest BCUT2D eigenvalue weighted by atomic mass is 16.6. The van der Waals surface area contributed by atoms with Crippen molar-refractivity contribution in [3.8, 4) is 17.1 Å². The molecule has 0 spiro atoms. The second-order valence-corrected chi connectivity index (χ2v) is 5.81. The molecule has 0 aliphatic rings. The number of para-hydroxylation sites is 2. The van der Waals surface area contributed by atoms with Crippen molar-refractivity contribution < 1.29 is 14.1 Å². The predicted molar refractivity (Wildman–Crippen MR) is 105 cm³/mol. The Kier molecular flexibility index (Phi) is 4.47. The molecule has 4 aromatic rings. The van der Waals surface area contributed by atoms with E-state index in [1.54, 1.807) is 24.3 Å². The number of imidazole rings is 1. The zero-order chi connectivity index (χ0) is 19.5. The molecule has 0 saturated heterocycles. The quantitative estimate of drug-likeness (QED) is 0.295. The van der Waals surface area contributed by atoms with Gasteiger partial charge in [-0.25, -0.2) is 10.4 Å². The fraction of sp³-hybridized carbons (Fsp3) is 0.0526. The minimum absolute atomic E-state index is 0.0995. The van der Waals surface area contributed by atoms with Gasteiger partial charge in [0.2, 0.25) is 5.95 Å². The topological polar surface area (TPSA) is 119 Å². The van der Waals surface area contributed by atoms with Crippen molar-refractivity contribution in [2.45, 2.75) is 0 Å². The third-order valence-corrected chi connectivity index (χ3v) is 4.05. The summed E-state index contributed by atoms with van der Waals surface area (Å²) in [4.78, 5) is 18.3. The zero-order valence-electron chi connectivity index (χ0n) is 14.7. The summed E-state index contributed by atoms with van der Waals surface area (Å²) < 4.78 is 10.7. The molecule has 4 rings (SSSR count). The van der Waals surface area contributed by atoms with Crippen LogP contribution < -0.4 is 10.2 Å². The first-order valence-electron chi connectivity index (χ1n) is 8.30. The lowest BCUT2D eigenvalue weighted by molar-refractivity contribution is -0.384. The Morgan fingerprint density at radius 3 is 2.89 bits per heavy atom. The lowest BCUT2D eigenvalue weighted by Gasteiger charge is -2.03. The van der Waals surface area contributed by atoms with Crippen LogP contribution in [0.2, 0.25) is 0 Å². The average molecular weight is 377 g/mol. The number of rotatable bonds is 6. The molecule has 0 radical (unpaired) electrons. The SMILES string of the molecule is COc1ccc(-c2ccc(C=NNc3nc4ccccc4[nH]3)o2)c([N+](=O)[O-])c1. The molecule has 9 nitrogen and oxygen atoms in total. The number of furan rings is 1. The lowest BCUT2D eigenvalue weighted by Crippen LogP contribution is -1.93. The Labute approximate surface area is 158 Å². The van der Waals surface area contributed by atoms with Crippen LogP contribution in [-0.2, 0) is 0 Å². The maximum atomic E-state index is 11.3. The first-order chi connectivity index (χ1) is 13.6. The summed E-state index contributed by atoms with van der Waals surface area (Å²) >= 11 is 0. The summed E-state index contributed by atoms with van der Waals surface area (Å²) in [6, 6.07) is 15.5. The highest BCUT2D eigenvalue weighted by molar-refractivity contribution is 5.80. The summed E-state index contributed by atoms with van der Waals surface area (Å²) in [6.45, 7) is 0. The van der Waals surface area contributed by atoms with Crippen molar-refractivity contribution in [1.29, 1.82) is 0 Å². The van der Waals surface area contributed by atoms with Gasteiger partial charge >= 0.3 is 0 Å². The van der Waals surface area contributed by atoms with Crippen LogP contribution in [0.5, 0.6) is 5.75 Å². The van der Waals surface area contributed by atoms with Crippen LogP contribution in [0.25, 0.3) is 22.4 Å². The Morgan fingerprint density at radius 2 is 2.11 bits per heavy atom. The molecule has 9 heteroatoms. The number of nitro benzene ring substituents is 1. The fourth-order valence-corrected chi connectivity index (χ4v) is 2.73. The molecule has 0 unspecified atom stereocenters. The molecule has 140 valence electrons. The number of aromatic amines is 1. The zero-order valence-corrected chi connectivity index (χ0v) is 14.7. The third-order valence-electron chi connectivity index (χ3n) is 4.05. The number of aromatic nitrogens is 2. The number of hydrogen-bond acceptors (Lipinski definition) is 7. The van der Waals surface area contributed by atoms with Gasteiger partial charge in [-0.05, 0) is 36.4 Å². The van der Waals surface area contributed by atoms with Crippen molar-refractivity contribution in [2.75, 3.05) is 12.5 Å². The molecular weight excluding hydrogens is 362 g/mol. The molecule has 0 saturated carbocycles. The Morgan fingerprint density at radius 1 is 1.25 bits per heavy atom. The van der Waals surface area contributed by atoms with Gasteiger partial charge in [-0.2, -0.15) is 5.10 Å². The molecule has 0 aliphatic carbocycles. The first-order valence-corrected chi connectivity index (χ1v) is 8.30. The molecule has 0 amide bonds. The number of hydrazone groups is 1. The molecule has 2 aromatic carbocycles. The largest absolute Gasteiger partial charge is 0.497 e. The van der Waals surface area contributed by atoms with E-state index in [4.69, 9.17) is 9.15 Å². The van der Waals surface area contributed by atoms with Crippen molar-refractivity contribution in [2.24, 2.45) is 5.10 Å². The minimum Gasteiger partial charge on any atom is -0.497 e. The molecular formula is C19H15N5O4. The van der Waals surface area contributed by atoms with Crippen LogP contribution >= 0.6 is 0 Å². The Balaban J connectivity index is 1.53. The van der Waals surface area contributed by atoms with Crippen LogP contribution in [0.1, 0.15) is 5.76 Å². The van der Waals surface area contributed by atoms with Crippen molar-refractivity contribution in [3.63, 3.8) is 0 Å². The van der Waals surface area contributed by atoms with Crippen LogP contribution in [0.4, 0.5) is 11.6 Å². The number of nitro groups is 1. The second kappa shape index (κ2) is 7.23. The van der Waals surface area contributed by atoms with Gasteiger partial charge in [0.05, 0.1) is 40.9 Å². The van der Waals surface area contributed by atoms with E-state index in [1.807, 2.05) is 24.3 Å². The van der Waals surface area contributed by atoms with Gasteiger partial charge in [-0.3, -0.25) is 10.1 Å². The maximum absolute atomic E-state index is 11.3. The lowest BCUT2D eigenvalue weighted by atomic mass is 10.1. The monoisotopic (exact) mass is 377 g/mol. The third kappa shape index (κ3) is 3.40. The number of H-pyrrole nitrogens is 1. The summed E-state index contributed by atoms with van der Waals surface area (Å²) in [6.07, 6.45) is 1.46. The molecule has 2 N–H and O–H groups in total. The van der Waals surface area contributed by atoms with Gasteiger partial charge < -0.3 is 14.1 Å². The van der Waals surface area contributed by atoms with E-state index in [0.29, 0.717) is 28.8 Å². The minimum atomic E-state index is -0.475. The van der Waals surface area contributed by atoms with E-state index < -0.39 is 4.92 Å². The molecule has 2 heterocycles. The molecule has 0 fully saturated rings. The van der Waals surface area contributed by atoms with Crippen molar-refractivity contribution >= 4 is 28.9 Å². The van der Waals surface area contributed by atoms with E-state index >= 15 is 0 Å². The smallest absolute Gasteiger partial charge is 0.284 e. The van der Waals surface area contributed by atoms with Gasteiger partial charge in [-0.15, -0.1) is 0 Å². The number of nitrogens with zero attached hydrogens (tertiary/aromatic N) is 3. The average Bonchev–Trinajstić information content (AvgIpc) is 3.34. The highest BCUT2D eigenvalue weighted by Gasteiger charge is 2.19. The Bertz CT molecular complexity index is 1150. The first kappa shape index (κ1) is 17.3. The van der Waals surface area contributed by atoms with Gasteiger partial charge in [0.15, 0.2) is 0 Å². The number of methoxy groups -OCH3 is 1. The van der Waals surface area contributed by atoms with Crippen molar-refractivity contribution in [3.05, 3.63) is 70.5 Å². The van der Waals surface area contributed by atoms with E-state index in [2.05, 4.69) is 20.5 Å². The Hall–Kier alpha value is -4.14. The van der Waals surface area contributed by atoms with Crippen LogP contribution in [-0.4, -0.2) is 28.2 Å². The predicted octanol–water partition coefficient (Wildman–Crippen LogP) is 4.19. The number of nitrogens with one attached hydrogen (secondary N) is 2. The molecule has 0 aliphatic heterocycles. The van der Waals surface area contributed by atoms with Gasteiger partial charge in [0.25, 0.3) is 5.69 Å². The van der Waals surface area contributed by atoms with E-state index in [1.165, 1.54) is 19.4 Å². The van der Waals surface area contributed by atoms with Crippen LogP contribution in [0, 0.1) is 10.1 Å². The molecule has 28 heavy (non-hydrogen) atoms. The maximum Gasteiger partial charge on any atom is 0.284 e. The number of hydrogen-bond donors (Lipinski definition) is 2. The van der Waals surface area contributed by atoms with Crippen LogP contribution in [0.15, 0.2) is 64.1 Å². The molecule has 2 aromatic heterocycles. The number of anilines is 1. The second-order valence-electron chi connectivity index (χ2n) is 5.81. The molecule has 0 bridgehead atoms. The van der Waals surface area contributed by atoms with E-state index in [-0.39, 0.29) is 5.69 Å². The van der Waals surface area contributed by atoms with E-state index in [0.717, 1.165) is 11.0 Å². The summed E-state index contributed by atoms with van der Waals surface area (Å²) in [5, 5.41) is 15.4. The number of fused-ring (bicyclic) bond motifs is 1. The van der Waals surface area contributed by atoms with Crippen LogP contribution in [0.3, 0.4) is 0 Å². The normalized spacial score (nSPS) is 11.2. The summed E-state index contributed by atoms with van der Waals surface area (Å²) in [5.41, 5.74) is 4.77. The van der Waals surface area contributed by atoms with Crippen molar-refractivity contribution in [1.82, 2.24) is 9.97 Å². The summed E-state index contributed by atoms with van der Waals surface area (Å²) in [5.74, 6) is 1.69. The highest BCUT2D eigenvalue weighted by Crippen LogP contribution is 2.33. The molecule has 0 atom stereocenters. The fourth-order valence-electron chi connectivity index (χ4n) is 2.73.